The van der Waals surface area contributed by atoms with E-state index in [9.17, 15) is 85.2 Å². The Hall–Kier alpha value is -4.60. The van der Waals surface area contributed by atoms with Crippen LogP contribution in [0.1, 0.15) is 78.6 Å². The Balaban J connectivity index is 1.30. The number of hydrogen-bond acceptors (Lipinski definition) is 22. The molecule has 0 aromatic heterocycles. The molecule has 75 heavy (non-hydrogen) atoms. The van der Waals surface area contributed by atoms with Crippen molar-refractivity contribution in [2.75, 3.05) is 66.8 Å². The van der Waals surface area contributed by atoms with Crippen LogP contribution in [0, 0.1) is 0 Å². The zero-order valence-electron chi connectivity index (χ0n) is 43.0. The van der Waals surface area contributed by atoms with Gasteiger partial charge in [0.15, 0.2) is 12.6 Å². The molecule has 428 valence electrons. The first-order valence-corrected chi connectivity index (χ1v) is 24.8. The number of hydrogen-bond donors (Lipinski definition) is 14. The lowest BCUT2D eigenvalue weighted by Crippen LogP contribution is -2.61. The van der Waals surface area contributed by atoms with Crippen molar-refractivity contribution in [2.45, 2.75) is 158 Å². The molecule has 3 saturated heterocycles. The van der Waals surface area contributed by atoms with Gasteiger partial charge in [-0.3, -0.25) is 34.4 Å². The SMILES string of the molecule is C/C(=C\C(=O)N(O)CCCC1NC(=O)[C@H](CCCNC(=O)/C=C(\C)CCO[C@@H]2O[C@@H](CO)[C@@H](O)[C@H](O)[C@@H]2O)NC1=O)CCOC(=O)[C@H](CCCN(O)C(=O)/C=C(\C)CCO[C@@H]1O[C@@H](CO)[C@@H](O)[C@H](O)[C@@H]1O)[N+](C)(C)O. The Morgan fingerprint density at radius 2 is 1.08 bits per heavy atom. The van der Waals surface area contributed by atoms with Gasteiger partial charge in [0.25, 0.3) is 11.8 Å². The summed E-state index contributed by atoms with van der Waals surface area (Å²) in [7, 11) is 2.69. The van der Waals surface area contributed by atoms with Gasteiger partial charge in [-0.25, -0.2) is 20.1 Å². The number of likely N-dealkylation sites (N-methyl/N-ethyl adjacent to an activating group) is 1. The molecular weight excluding hydrogens is 1000 g/mol. The monoisotopic (exact) mass is 1080 g/mol. The summed E-state index contributed by atoms with van der Waals surface area (Å²) in [4.78, 5) is 76.2. The predicted octanol–water partition coefficient (Wildman–Crippen LogP) is -4.12. The molecule has 13 atom stereocenters. The van der Waals surface area contributed by atoms with Gasteiger partial charge in [-0.05, 0) is 65.7 Å². The third-order valence-corrected chi connectivity index (χ3v) is 12.6. The summed E-state index contributed by atoms with van der Waals surface area (Å²) in [5, 5.41) is 119. The summed E-state index contributed by atoms with van der Waals surface area (Å²) < 4.78 is 26.0. The van der Waals surface area contributed by atoms with Crippen molar-refractivity contribution < 1.29 is 114 Å². The normalized spacial score (nSPS) is 28.2. The molecule has 28 nitrogen and oxygen atoms in total. The van der Waals surface area contributed by atoms with Crippen molar-refractivity contribution in [2.24, 2.45) is 0 Å². The number of nitrogens with zero attached hydrogens (tertiary/aromatic N) is 3. The molecule has 0 radical (unpaired) electrons. The molecule has 14 N–H and O–H groups in total. The van der Waals surface area contributed by atoms with Crippen molar-refractivity contribution in [1.29, 1.82) is 0 Å². The van der Waals surface area contributed by atoms with E-state index in [1.54, 1.807) is 20.8 Å². The van der Waals surface area contributed by atoms with E-state index in [2.05, 4.69) is 16.0 Å². The Bertz CT molecular complexity index is 1960. The molecule has 5 amide bonds. The second-order valence-electron chi connectivity index (χ2n) is 19.3. The van der Waals surface area contributed by atoms with Crippen LogP contribution in [0.5, 0.6) is 0 Å². The van der Waals surface area contributed by atoms with Gasteiger partial charge in [0.2, 0.25) is 23.8 Å². The maximum atomic E-state index is 13.0. The van der Waals surface area contributed by atoms with E-state index >= 15 is 0 Å². The number of quaternary nitrogens is 1. The van der Waals surface area contributed by atoms with E-state index in [0.717, 1.165) is 12.2 Å². The van der Waals surface area contributed by atoms with Gasteiger partial charge in [-0.2, -0.15) is 4.65 Å². The van der Waals surface area contributed by atoms with Crippen molar-refractivity contribution in [3.63, 3.8) is 0 Å². The minimum absolute atomic E-state index is 0.00215. The lowest BCUT2D eigenvalue weighted by Gasteiger charge is -2.39. The van der Waals surface area contributed by atoms with Crippen molar-refractivity contribution in [3.8, 4) is 0 Å². The van der Waals surface area contributed by atoms with Crippen LogP contribution >= 0.6 is 0 Å². The first-order valence-electron chi connectivity index (χ1n) is 24.8. The average Bonchev–Trinajstić information content (AvgIpc) is 3.34. The van der Waals surface area contributed by atoms with E-state index in [1.807, 2.05) is 0 Å². The standard InChI is InChI=1S/C47H78N6O22/c1-26(13-19-72-46-41(63)39(61)37(59)32(24-54)74-46)21-34(56)48-15-6-9-29-43(65)50-30(44(66)49-29)10-7-16-51(68)35(57)22-27(2)12-18-71-45(67)31(53(4,5)70)11-8-17-52(69)36(58)23-28(3)14-20-73-47-42(64)40(62)38(60)33(25-55)75-47/h21-23,29-33,37-42,46-47,54-55,59-64,68-70H,6-20,24-25H2,1-5H3,(H2-,48,49,50,56,65,66)/p+1/b26-21+,27-22+,28-23+/t29-,30?,31-,32-,33-,37+,38+,39-,40-,41-,42-,46+,47+/m0/s1. The van der Waals surface area contributed by atoms with E-state index in [1.165, 1.54) is 20.2 Å². The number of aliphatic hydroxyl groups is 8. The number of ether oxygens (including phenoxy) is 5. The summed E-state index contributed by atoms with van der Waals surface area (Å²) >= 11 is 0. The topological polar surface area (TPSA) is 414 Å². The largest absolute Gasteiger partial charge is 0.461 e. The molecule has 0 bridgehead atoms. The fourth-order valence-electron chi connectivity index (χ4n) is 7.94. The molecule has 3 fully saturated rings. The van der Waals surface area contributed by atoms with Crippen LogP contribution in [0.3, 0.4) is 0 Å². The number of carbonyl (C=O) groups excluding carboxylic acids is 6. The number of esters is 1. The number of hydroxylamine groups is 7. The van der Waals surface area contributed by atoms with E-state index in [0.29, 0.717) is 33.3 Å². The second kappa shape index (κ2) is 31.6. The van der Waals surface area contributed by atoms with E-state index in [-0.39, 0.29) is 90.8 Å². The zero-order chi connectivity index (χ0) is 56.2. The summed E-state index contributed by atoms with van der Waals surface area (Å²) in [6, 6.07) is -2.88. The predicted molar refractivity (Wildman–Crippen MR) is 255 cm³/mol. The van der Waals surface area contributed by atoms with Crippen LogP contribution in [0.2, 0.25) is 0 Å². The van der Waals surface area contributed by atoms with Gasteiger partial charge in [0, 0.05) is 50.7 Å². The number of rotatable bonds is 30. The number of nitrogens with one attached hydrogen (secondary N) is 3. The Kier molecular flexibility index (Phi) is 27.2. The average molecular weight is 1080 g/mol. The van der Waals surface area contributed by atoms with Crippen LogP contribution in [0.25, 0.3) is 0 Å². The van der Waals surface area contributed by atoms with E-state index < -0.39 is 133 Å². The fourth-order valence-corrected chi connectivity index (χ4v) is 7.94. The van der Waals surface area contributed by atoms with Crippen LogP contribution in [-0.2, 0) is 52.5 Å². The first-order chi connectivity index (χ1) is 35.3. The minimum atomic E-state index is -1.61. The van der Waals surface area contributed by atoms with Gasteiger partial charge < -0.3 is 80.5 Å². The van der Waals surface area contributed by atoms with Gasteiger partial charge in [0.05, 0.1) is 47.1 Å². The molecule has 0 aliphatic carbocycles. The van der Waals surface area contributed by atoms with E-state index in [4.69, 9.17) is 23.7 Å². The molecular formula is C47H79N6O22+. The third kappa shape index (κ3) is 21.0. The number of piperazine rings is 1. The van der Waals surface area contributed by atoms with Crippen LogP contribution in [0.4, 0.5) is 0 Å². The summed E-state index contributed by atoms with van der Waals surface area (Å²) in [5.74, 6) is -3.66. The van der Waals surface area contributed by atoms with Crippen LogP contribution in [-0.4, -0.2) is 253 Å². The molecule has 3 rings (SSSR count). The molecule has 3 aliphatic heterocycles. The Morgan fingerprint density at radius 1 is 0.653 bits per heavy atom. The van der Waals surface area contributed by atoms with Crippen LogP contribution in [0.15, 0.2) is 34.9 Å². The third-order valence-electron chi connectivity index (χ3n) is 12.6. The number of carbonyl (C=O) groups is 6. The molecule has 0 saturated carbocycles. The molecule has 3 heterocycles. The molecule has 0 aromatic rings. The van der Waals surface area contributed by atoms with Crippen molar-refractivity contribution in [3.05, 3.63) is 34.9 Å². The zero-order valence-corrected chi connectivity index (χ0v) is 43.0. The van der Waals surface area contributed by atoms with Crippen molar-refractivity contribution in [1.82, 2.24) is 26.1 Å². The molecule has 0 aromatic carbocycles. The maximum Gasteiger partial charge on any atom is 0.368 e. The minimum Gasteiger partial charge on any atom is -0.461 e. The fraction of sp³-hybridized carbons (Fsp3) is 0.745. The molecule has 28 heteroatoms. The molecule has 0 spiro atoms. The van der Waals surface area contributed by atoms with Gasteiger partial charge in [-0.1, -0.05) is 16.7 Å². The highest BCUT2D eigenvalue weighted by atomic mass is 16.7. The quantitative estimate of drug-likeness (QED) is 0.00811. The maximum absolute atomic E-state index is 13.0. The highest BCUT2D eigenvalue weighted by molar-refractivity contribution is 5.97. The first kappa shape index (κ1) is 64.7. The molecule has 1 unspecified atom stereocenters. The summed E-state index contributed by atoms with van der Waals surface area (Å²) in [5.41, 5.74) is 1.52. The van der Waals surface area contributed by atoms with Gasteiger partial charge in [-0.15, -0.1) is 0 Å². The molecule has 3 aliphatic rings. The lowest BCUT2D eigenvalue weighted by molar-refractivity contribution is -1.08. The number of aliphatic hydroxyl groups excluding tert-OH is 8. The Labute approximate surface area is 434 Å². The summed E-state index contributed by atoms with van der Waals surface area (Å²) in [6.07, 6.45) is -9.29. The van der Waals surface area contributed by atoms with Gasteiger partial charge in [0.1, 0.15) is 60.9 Å². The van der Waals surface area contributed by atoms with Crippen molar-refractivity contribution >= 4 is 35.5 Å². The highest BCUT2D eigenvalue weighted by Crippen LogP contribution is 2.24. The highest BCUT2D eigenvalue weighted by Gasteiger charge is 2.45. The Morgan fingerprint density at radius 3 is 1.53 bits per heavy atom. The smallest absolute Gasteiger partial charge is 0.368 e. The lowest BCUT2D eigenvalue weighted by atomic mass is 9.99. The number of amides is 5. The van der Waals surface area contributed by atoms with Crippen LogP contribution < -0.4 is 16.0 Å². The van der Waals surface area contributed by atoms with Gasteiger partial charge >= 0.3 is 5.97 Å². The summed E-state index contributed by atoms with van der Waals surface area (Å²) in [6.45, 7) is 3.13. The second-order valence-corrected chi connectivity index (χ2v) is 19.3.